The van der Waals surface area contributed by atoms with Crippen LogP contribution >= 0.6 is 0 Å². The monoisotopic (exact) mass is 298 g/mol. The molecule has 22 heavy (non-hydrogen) atoms. The molecule has 5 heteroatoms. The number of aromatic nitrogens is 2. The SMILES string of the molecule is CCc1[nH]nc2ccc(C(=O)N[C@H]3CN4CCC3CC4)cc12. The Morgan fingerprint density at radius 1 is 1.41 bits per heavy atom. The number of hydrogen-bond acceptors (Lipinski definition) is 3. The number of fused-ring (bicyclic) bond motifs is 4. The van der Waals surface area contributed by atoms with Crippen molar-refractivity contribution in [3.05, 3.63) is 29.5 Å². The van der Waals surface area contributed by atoms with Gasteiger partial charge in [-0.05, 0) is 56.5 Å². The molecule has 1 aromatic heterocycles. The van der Waals surface area contributed by atoms with Gasteiger partial charge < -0.3 is 10.2 Å². The third-order valence-corrected chi connectivity index (χ3v) is 5.22. The van der Waals surface area contributed by atoms with Gasteiger partial charge in [-0.1, -0.05) is 6.92 Å². The molecule has 1 amide bonds. The Hall–Kier alpha value is -1.88. The zero-order valence-corrected chi connectivity index (χ0v) is 12.9. The highest BCUT2D eigenvalue weighted by molar-refractivity contribution is 5.98. The zero-order chi connectivity index (χ0) is 15.1. The molecule has 0 unspecified atom stereocenters. The van der Waals surface area contributed by atoms with E-state index in [2.05, 4.69) is 27.3 Å². The van der Waals surface area contributed by atoms with Crippen LogP contribution in [-0.4, -0.2) is 46.7 Å². The Morgan fingerprint density at radius 2 is 2.23 bits per heavy atom. The lowest BCUT2D eigenvalue weighted by Crippen LogP contribution is -2.57. The van der Waals surface area contributed by atoms with E-state index >= 15 is 0 Å². The third-order valence-electron chi connectivity index (χ3n) is 5.22. The third kappa shape index (κ3) is 2.29. The van der Waals surface area contributed by atoms with E-state index in [0.29, 0.717) is 12.0 Å². The molecule has 2 bridgehead atoms. The second-order valence-electron chi connectivity index (χ2n) is 6.51. The van der Waals surface area contributed by atoms with Crippen molar-refractivity contribution in [2.75, 3.05) is 19.6 Å². The maximum Gasteiger partial charge on any atom is 0.251 e. The van der Waals surface area contributed by atoms with Crippen molar-refractivity contribution < 1.29 is 4.79 Å². The number of amides is 1. The molecule has 0 saturated carbocycles. The van der Waals surface area contributed by atoms with Crippen molar-refractivity contribution in [1.82, 2.24) is 20.4 Å². The fourth-order valence-electron chi connectivity index (χ4n) is 3.85. The Labute approximate surface area is 130 Å². The molecule has 2 aromatic rings. The number of H-pyrrole nitrogens is 1. The summed E-state index contributed by atoms with van der Waals surface area (Å²) in [5, 5.41) is 11.6. The van der Waals surface area contributed by atoms with E-state index < -0.39 is 0 Å². The van der Waals surface area contributed by atoms with E-state index in [9.17, 15) is 4.79 Å². The predicted octanol–water partition coefficient (Wildman–Crippen LogP) is 1.95. The second kappa shape index (κ2) is 5.39. The fourth-order valence-corrected chi connectivity index (χ4v) is 3.85. The minimum atomic E-state index is 0.0453. The summed E-state index contributed by atoms with van der Waals surface area (Å²) in [5.41, 5.74) is 2.75. The summed E-state index contributed by atoms with van der Waals surface area (Å²) in [4.78, 5) is 15.1. The average molecular weight is 298 g/mol. The van der Waals surface area contributed by atoms with Gasteiger partial charge in [0.25, 0.3) is 5.91 Å². The van der Waals surface area contributed by atoms with Gasteiger partial charge in [-0.15, -0.1) is 0 Å². The molecule has 0 radical (unpaired) electrons. The molecule has 1 atom stereocenters. The van der Waals surface area contributed by atoms with Gasteiger partial charge in [0, 0.05) is 29.2 Å². The summed E-state index contributed by atoms with van der Waals surface area (Å²) in [6.45, 7) is 5.48. The largest absolute Gasteiger partial charge is 0.348 e. The first-order chi connectivity index (χ1) is 10.7. The van der Waals surface area contributed by atoms with Gasteiger partial charge in [0.15, 0.2) is 0 Å². The van der Waals surface area contributed by atoms with Crippen LogP contribution in [-0.2, 0) is 6.42 Å². The highest BCUT2D eigenvalue weighted by atomic mass is 16.1. The summed E-state index contributed by atoms with van der Waals surface area (Å²) < 4.78 is 0. The number of piperidine rings is 3. The van der Waals surface area contributed by atoms with Crippen LogP contribution in [0.15, 0.2) is 18.2 Å². The molecule has 3 aliphatic heterocycles. The Bertz CT molecular complexity index is 700. The number of hydrogen-bond donors (Lipinski definition) is 2. The van der Waals surface area contributed by atoms with Crippen molar-refractivity contribution in [1.29, 1.82) is 0 Å². The average Bonchev–Trinajstić information content (AvgIpc) is 2.98. The van der Waals surface area contributed by atoms with Gasteiger partial charge >= 0.3 is 0 Å². The number of benzene rings is 1. The van der Waals surface area contributed by atoms with E-state index in [1.807, 2.05) is 18.2 Å². The van der Waals surface area contributed by atoms with Gasteiger partial charge in [-0.3, -0.25) is 9.89 Å². The number of nitrogens with one attached hydrogen (secondary N) is 2. The van der Waals surface area contributed by atoms with Crippen molar-refractivity contribution >= 4 is 16.8 Å². The summed E-state index contributed by atoms with van der Waals surface area (Å²) in [5.74, 6) is 0.696. The van der Waals surface area contributed by atoms with Crippen LogP contribution in [0.2, 0.25) is 0 Å². The minimum absolute atomic E-state index is 0.0453. The first-order valence-electron chi connectivity index (χ1n) is 8.25. The molecule has 0 aliphatic carbocycles. The number of carbonyl (C=O) groups is 1. The molecule has 5 nitrogen and oxygen atoms in total. The highest BCUT2D eigenvalue weighted by Gasteiger charge is 2.34. The molecular formula is C17H22N4O. The van der Waals surface area contributed by atoms with Gasteiger partial charge in [-0.25, -0.2) is 0 Å². The minimum Gasteiger partial charge on any atom is -0.348 e. The number of carbonyl (C=O) groups excluding carboxylic acids is 1. The first kappa shape index (κ1) is 13.8. The fraction of sp³-hybridized carbons (Fsp3) is 0.529. The Morgan fingerprint density at radius 3 is 2.91 bits per heavy atom. The normalized spacial score (nSPS) is 27.2. The quantitative estimate of drug-likeness (QED) is 0.910. The van der Waals surface area contributed by atoms with Gasteiger partial charge in [0.05, 0.1) is 5.52 Å². The smallest absolute Gasteiger partial charge is 0.251 e. The number of nitrogens with zero attached hydrogens (tertiary/aromatic N) is 2. The molecule has 0 spiro atoms. The van der Waals surface area contributed by atoms with E-state index in [1.165, 1.54) is 25.9 Å². The summed E-state index contributed by atoms with van der Waals surface area (Å²) in [7, 11) is 0. The molecule has 3 aliphatic rings. The van der Waals surface area contributed by atoms with E-state index in [-0.39, 0.29) is 5.91 Å². The van der Waals surface area contributed by atoms with E-state index in [4.69, 9.17) is 0 Å². The van der Waals surface area contributed by atoms with Crippen LogP contribution in [0, 0.1) is 5.92 Å². The maximum atomic E-state index is 12.6. The number of aromatic amines is 1. The Kier molecular flexibility index (Phi) is 3.37. The molecule has 116 valence electrons. The van der Waals surface area contributed by atoms with Crippen LogP contribution in [0.4, 0.5) is 0 Å². The maximum absolute atomic E-state index is 12.6. The standard InChI is InChI=1S/C17H22N4O/c1-2-14-13-9-12(3-4-15(13)20-19-14)17(22)18-16-10-21-7-5-11(16)6-8-21/h3-4,9,11,16H,2,5-8,10H2,1H3,(H,18,22)(H,19,20)/t16-/m0/s1. The zero-order valence-electron chi connectivity index (χ0n) is 12.9. The molecular weight excluding hydrogens is 276 g/mol. The van der Waals surface area contributed by atoms with Crippen LogP contribution < -0.4 is 5.32 Å². The molecule has 3 fully saturated rings. The van der Waals surface area contributed by atoms with Crippen molar-refractivity contribution in [3.8, 4) is 0 Å². The lowest BCUT2D eigenvalue weighted by molar-refractivity contribution is 0.0620. The van der Waals surface area contributed by atoms with Crippen molar-refractivity contribution in [2.45, 2.75) is 32.2 Å². The highest BCUT2D eigenvalue weighted by Crippen LogP contribution is 2.28. The molecule has 4 heterocycles. The molecule has 2 N–H and O–H groups in total. The summed E-state index contributed by atoms with van der Waals surface area (Å²) in [6, 6.07) is 6.07. The van der Waals surface area contributed by atoms with Crippen LogP contribution in [0.25, 0.3) is 10.9 Å². The van der Waals surface area contributed by atoms with Crippen LogP contribution in [0.3, 0.4) is 0 Å². The van der Waals surface area contributed by atoms with Gasteiger partial charge in [-0.2, -0.15) is 5.10 Å². The van der Waals surface area contributed by atoms with E-state index in [0.717, 1.165) is 35.1 Å². The first-order valence-corrected chi connectivity index (χ1v) is 8.25. The summed E-state index contributed by atoms with van der Waals surface area (Å²) >= 11 is 0. The number of rotatable bonds is 3. The lowest BCUT2D eigenvalue weighted by atomic mass is 9.84. The predicted molar refractivity (Wildman–Crippen MR) is 85.9 cm³/mol. The lowest BCUT2D eigenvalue weighted by Gasteiger charge is -2.44. The molecule has 1 aromatic carbocycles. The topological polar surface area (TPSA) is 61.0 Å². The summed E-state index contributed by atoms with van der Waals surface area (Å²) in [6.07, 6.45) is 3.32. The molecule has 3 saturated heterocycles. The van der Waals surface area contributed by atoms with Crippen LogP contribution in [0.5, 0.6) is 0 Å². The molecule has 5 rings (SSSR count). The second-order valence-corrected chi connectivity index (χ2v) is 6.51. The van der Waals surface area contributed by atoms with Crippen molar-refractivity contribution in [2.24, 2.45) is 5.92 Å². The van der Waals surface area contributed by atoms with Gasteiger partial charge in [0.1, 0.15) is 0 Å². The van der Waals surface area contributed by atoms with E-state index in [1.54, 1.807) is 0 Å². The van der Waals surface area contributed by atoms with Crippen LogP contribution in [0.1, 0.15) is 35.8 Å². The Balaban J connectivity index is 1.55. The number of aryl methyl sites for hydroxylation is 1. The van der Waals surface area contributed by atoms with Crippen molar-refractivity contribution in [3.63, 3.8) is 0 Å². The van der Waals surface area contributed by atoms with Gasteiger partial charge in [0.2, 0.25) is 0 Å².